The normalized spacial score (nSPS) is 13.9. The lowest BCUT2D eigenvalue weighted by atomic mass is 9.87. The van der Waals surface area contributed by atoms with E-state index in [1.807, 2.05) is 19.1 Å². The largest absolute Gasteiger partial charge is 0.297 e. The predicted octanol–water partition coefficient (Wildman–Crippen LogP) is 2.87. The van der Waals surface area contributed by atoms with Crippen LogP contribution in [-0.2, 0) is 6.54 Å². The molecule has 0 saturated carbocycles. The van der Waals surface area contributed by atoms with Gasteiger partial charge in [-0.1, -0.05) is 26.8 Å². The molecular formula is C17H25N3O. The Bertz CT molecular complexity index is 697. The second-order valence-electron chi connectivity index (χ2n) is 6.93. The molecule has 0 aliphatic rings. The first-order chi connectivity index (χ1) is 9.70. The van der Waals surface area contributed by atoms with Crippen LogP contribution in [-0.4, -0.2) is 27.4 Å². The first-order valence-corrected chi connectivity index (χ1v) is 7.38. The minimum atomic E-state index is -0.0180. The predicted molar refractivity (Wildman–Crippen MR) is 86.6 cm³/mol. The van der Waals surface area contributed by atoms with Crippen molar-refractivity contribution in [3.8, 4) is 0 Å². The van der Waals surface area contributed by atoms with Crippen LogP contribution in [0.1, 0.15) is 39.0 Å². The number of pyridine rings is 1. The maximum atomic E-state index is 12.2. The van der Waals surface area contributed by atoms with Crippen molar-refractivity contribution in [2.45, 2.75) is 47.2 Å². The van der Waals surface area contributed by atoms with Crippen LogP contribution >= 0.6 is 0 Å². The summed E-state index contributed by atoms with van der Waals surface area (Å²) in [6.45, 7) is 11.5. The molecule has 0 N–H and O–H groups in total. The Hall–Kier alpha value is -1.68. The van der Waals surface area contributed by atoms with Gasteiger partial charge in [-0.15, -0.1) is 0 Å². The highest BCUT2D eigenvalue weighted by molar-refractivity contribution is 5.46. The molecule has 0 aromatic carbocycles. The minimum Gasteiger partial charge on any atom is -0.297 e. The smallest absolute Gasteiger partial charge is 0.258 e. The third kappa shape index (κ3) is 3.32. The van der Waals surface area contributed by atoms with Crippen LogP contribution in [0.4, 0.5) is 0 Å². The van der Waals surface area contributed by atoms with Crippen LogP contribution in [0.15, 0.2) is 29.2 Å². The van der Waals surface area contributed by atoms with Crippen molar-refractivity contribution < 1.29 is 0 Å². The highest BCUT2D eigenvalue weighted by Gasteiger charge is 2.24. The molecule has 2 heterocycles. The van der Waals surface area contributed by atoms with E-state index in [9.17, 15) is 4.79 Å². The van der Waals surface area contributed by atoms with Crippen molar-refractivity contribution in [3.63, 3.8) is 0 Å². The van der Waals surface area contributed by atoms with Gasteiger partial charge >= 0.3 is 0 Å². The molecule has 21 heavy (non-hydrogen) atoms. The molecule has 0 bridgehead atoms. The quantitative estimate of drug-likeness (QED) is 0.871. The summed E-state index contributed by atoms with van der Waals surface area (Å²) in [6, 6.07) is 5.89. The second kappa shape index (κ2) is 5.60. The first-order valence-electron chi connectivity index (χ1n) is 7.38. The number of aryl methyl sites for hydroxylation is 1. The fraction of sp³-hybridized carbons (Fsp3) is 0.529. The molecule has 0 amide bonds. The van der Waals surface area contributed by atoms with Gasteiger partial charge in [0.25, 0.3) is 5.56 Å². The van der Waals surface area contributed by atoms with Crippen LogP contribution < -0.4 is 5.56 Å². The van der Waals surface area contributed by atoms with Crippen molar-refractivity contribution in [2.75, 3.05) is 7.05 Å². The molecule has 0 saturated heterocycles. The molecule has 0 spiro atoms. The summed E-state index contributed by atoms with van der Waals surface area (Å²) < 4.78 is 1.60. The first kappa shape index (κ1) is 15.7. The number of aromatic nitrogens is 2. The van der Waals surface area contributed by atoms with E-state index in [0.29, 0.717) is 12.6 Å². The van der Waals surface area contributed by atoms with Gasteiger partial charge < -0.3 is 0 Å². The van der Waals surface area contributed by atoms with Crippen LogP contribution in [0.3, 0.4) is 0 Å². The molecule has 2 aromatic rings. The number of hydrogen-bond donors (Lipinski definition) is 0. The van der Waals surface area contributed by atoms with E-state index in [2.05, 4.69) is 44.6 Å². The van der Waals surface area contributed by atoms with Crippen molar-refractivity contribution >= 4 is 5.65 Å². The Kier molecular flexibility index (Phi) is 4.19. The third-order valence-electron chi connectivity index (χ3n) is 4.27. The van der Waals surface area contributed by atoms with Crippen LogP contribution in [0.5, 0.6) is 0 Å². The average Bonchev–Trinajstić information content (AvgIpc) is 2.38. The van der Waals surface area contributed by atoms with Crippen LogP contribution in [0.2, 0.25) is 0 Å². The second-order valence-corrected chi connectivity index (χ2v) is 6.93. The van der Waals surface area contributed by atoms with Crippen molar-refractivity contribution in [1.82, 2.24) is 14.3 Å². The Morgan fingerprint density at radius 1 is 1.38 bits per heavy atom. The van der Waals surface area contributed by atoms with E-state index in [1.54, 1.807) is 16.7 Å². The van der Waals surface area contributed by atoms with Crippen molar-refractivity contribution in [1.29, 1.82) is 0 Å². The number of fused-ring (bicyclic) bond motifs is 1. The SMILES string of the molecule is Cc1cccn2c(=O)cc(CN(C)[C@@H](C)C(C)(C)C)nc12. The topological polar surface area (TPSA) is 37.6 Å². The molecule has 114 valence electrons. The van der Waals surface area contributed by atoms with Crippen molar-refractivity contribution in [2.24, 2.45) is 5.41 Å². The molecule has 0 aliphatic carbocycles. The Morgan fingerprint density at radius 2 is 2.05 bits per heavy atom. The van der Waals surface area contributed by atoms with E-state index in [0.717, 1.165) is 16.9 Å². The van der Waals surface area contributed by atoms with Gasteiger partial charge in [0.2, 0.25) is 0 Å². The van der Waals surface area contributed by atoms with Gasteiger partial charge in [-0.2, -0.15) is 0 Å². The maximum absolute atomic E-state index is 12.2. The lowest BCUT2D eigenvalue weighted by Crippen LogP contribution is -2.39. The van der Waals surface area contributed by atoms with Crippen LogP contribution in [0, 0.1) is 12.3 Å². The number of nitrogens with zero attached hydrogens (tertiary/aromatic N) is 3. The summed E-state index contributed by atoms with van der Waals surface area (Å²) in [5, 5.41) is 0. The molecule has 2 rings (SSSR count). The fourth-order valence-corrected chi connectivity index (χ4v) is 2.44. The minimum absolute atomic E-state index is 0.0180. The summed E-state index contributed by atoms with van der Waals surface area (Å²) in [5.74, 6) is 0. The van der Waals surface area contributed by atoms with Crippen LogP contribution in [0.25, 0.3) is 5.65 Å². The Balaban J connectivity index is 2.36. The maximum Gasteiger partial charge on any atom is 0.258 e. The zero-order chi connectivity index (χ0) is 15.8. The monoisotopic (exact) mass is 287 g/mol. The summed E-state index contributed by atoms with van der Waals surface area (Å²) in [4.78, 5) is 19.1. The lowest BCUT2D eigenvalue weighted by molar-refractivity contribution is 0.133. The van der Waals surface area contributed by atoms with Gasteiger partial charge in [-0.25, -0.2) is 4.98 Å². The van der Waals surface area contributed by atoms with Gasteiger partial charge in [-0.3, -0.25) is 14.1 Å². The Labute approximate surface area is 126 Å². The van der Waals surface area contributed by atoms with E-state index >= 15 is 0 Å². The summed E-state index contributed by atoms with van der Waals surface area (Å²) in [7, 11) is 2.08. The molecule has 0 radical (unpaired) electrons. The summed E-state index contributed by atoms with van der Waals surface area (Å²) in [5.41, 5.74) is 2.76. The van der Waals surface area contributed by atoms with E-state index in [4.69, 9.17) is 0 Å². The number of hydrogen-bond acceptors (Lipinski definition) is 3. The zero-order valence-electron chi connectivity index (χ0n) is 13.8. The molecule has 1 atom stereocenters. The van der Waals surface area contributed by atoms with E-state index in [1.165, 1.54) is 0 Å². The zero-order valence-corrected chi connectivity index (χ0v) is 13.8. The molecule has 0 aliphatic heterocycles. The van der Waals surface area contributed by atoms with E-state index in [-0.39, 0.29) is 11.0 Å². The molecule has 0 fully saturated rings. The van der Waals surface area contributed by atoms with Crippen molar-refractivity contribution in [3.05, 3.63) is 46.0 Å². The molecular weight excluding hydrogens is 262 g/mol. The highest BCUT2D eigenvalue weighted by atomic mass is 16.1. The van der Waals surface area contributed by atoms with Gasteiger partial charge in [0.15, 0.2) is 0 Å². The van der Waals surface area contributed by atoms with Gasteiger partial charge in [0.1, 0.15) is 5.65 Å². The fourth-order valence-electron chi connectivity index (χ4n) is 2.44. The molecule has 2 aromatic heterocycles. The third-order valence-corrected chi connectivity index (χ3v) is 4.27. The lowest BCUT2D eigenvalue weighted by Gasteiger charge is -2.35. The molecule has 4 heteroatoms. The average molecular weight is 287 g/mol. The van der Waals surface area contributed by atoms with Gasteiger partial charge in [-0.05, 0) is 37.9 Å². The van der Waals surface area contributed by atoms with Gasteiger partial charge in [0, 0.05) is 24.8 Å². The standard InChI is InChI=1S/C17H25N3O/c1-12-8-7-9-20-15(21)10-14(18-16(12)20)11-19(6)13(2)17(3,4)5/h7-10,13H,11H2,1-6H3/t13-/m0/s1. The molecule has 4 nitrogen and oxygen atoms in total. The molecule has 0 unspecified atom stereocenters. The summed E-state index contributed by atoms with van der Waals surface area (Å²) >= 11 is 0. The van der Waals surface area contributed by atoms with E-state index < -0.39 is 0 Å². The highest BCUT2D eigenvalue weighted by Crippen LogP contribution is 2.23. The summed E-state index contributed by atoms with van der Waals surface area (Å²) in [6.07, 6.45) is 1.77. The Morgan fingerprint density at radius 3 is 2.67 bits per heavy atom. The van der Waals surface area contributed by atoms with Gasteiger partial charge in [0.05, 0.1) is 5.69 Å². The number of rotatable bonds is 3.